The summed E-state index contributed by atoms with van der Waals surface area (Å²) in [5.74, 6) is -0.292. The number of hydrogen-bond donors (Lipinski definition) is 0. The van der Waals surface area contributed by atoms with Gasteiger partial charge in [-0.1, -0.05) is 18.2 Å². The van der Waals surface area contributed by atoms with Crippen LogP contribution >= 0.6 is 0 Å². The molecule has 0 amide bonds. The van der Waals surface area contributed by atoms with Gasteiger partial charge in [-0.15, -0.1) is 0 Å². The molecule has 0 bridgehead atoms. The van der Waals surface area contributed by atoms with Gasteiger partial charge in [-0.25, -0.2) is 14.2 Å². The van der Waals surface area contributed by atoms with Crippen molar-refractivity contribution in [1.82, 2.24) is 4.98 Å². The van der Waals surface area contributed by atoms with Crippen molar-refractivity contribution in [1.29, 1.82) is 0 Å². The van der Waals surface area contributed by atoms with Gasteiger partial charge in [-0.05, 0) is 6.07 Å². The fourth-order valence-electron chi connectivity index (χ4n) is 1.68. The van der Waals surface area contributed by atoms with E-state index in [4.69, 9.17) is 9.47 Å². The van der Waals surface area contributed by atoms with Crippen LogP contribution in [0.1, 0.15) is 16.1 Å². The van der Waals surface area contributed by atoms with Crippen molar-refractivity contribution >= 4 is 5.97 Å². The third kappa shape index (κ3) is 3.47. The molecule has 5 nitrogen and oxygen atoms in total. The second-order valence-corrected chi connectivity index (χ2v) is 4.09. The molecule has 21 heavy (non-hydrogen) atoms. The number of carbonyl (C=O) groups is 1. The Hall–Kier alpha value is -2.63. The van der Waals surface area contributed by atoms with E-state index in [1.807, 2.05) is 0 Å². The molecule has 0 fully saturated rings. The summed E-state index contributed by atoms with van der Waals surface area (Å²) in [5.41, 5.74) is 0.518. The Morgan fingerprint density at radius 1 is 1.24 bits per heavy atom. The number of hydrogen-bond acceptors (Lipinski definition) is 5. The first-order chi connectivity index (χ1) is 10.2. The van der Waals surface area contributed by atoms with E-state index in [0.717, 1.165) is 0 Å². The third-order valence-corrected chi connectivity index (χ3v) is 2.79. The van der Waals surface area contributed by atoms with Gasteiger partial charge >= 0.3 is 5.97 Å². The minimum atomic E-state index is -0.575. The zero-order valence-electron chi connectivity index (χ0n) is 11.6. The van der Waals surface area contributed by atoms with Gasteiger partial charge in [0.25, 0.3) is 0 Å². The number of esters is 1. The monoisotopic (exact) mass is 291 g/mol. The van der Waals surface area contributed by atoms with Crippen LogP contribution in [0.25, 0.3) is 0 Å². The number of benzene rings is 1. The number of rotatable bonds is 5. The topological polar surface area (TPSA) is 57.7 Å². The minimum Gasteiger partial charge on any atom is -0.493 e. The quantitative estimate of drug-likeness (QED) is 0.792. The molecular formula is C15H14FNO4. The first kappa shape index (κ1) is 14.8. The van der Waals surface area contributed by atoms with Gasteiger partial charge in [0.2, 0.25) is 0 Å². The van der Waals surface area contributed by atoms with E-state index in [-0.39, 0.29) is 18.1 Å². The molecule has 6 heteroatoms. The molecule has 0 aliphatic rings. The largest absolute Gasteiger partial charge is 0.493 e. The summed E-state index contributed by atoms with van der Waals surface area (Å²) in [6, 6.07) is 7.71. The van der Waals surface area contributed by atoms with Gasteiger partial charge in [0.15, 0.2) is 17.2 Å². The second kappa shape index (κ2) is 6.69. The Morgan fingerprint density at radius 3 is 2.67 bits per heavy atom. The van der Waals surface area contributed by atoms with Crippen molar-refractivity contribution in [2.24, 2.45) is 0 Å². The first-order valence-corrected chi connectivity index (χ1v) is 6.14. The maximum Gasteiger partial charge on any atom is 0.356 e. The van der Waals surface area contributed by atoms with E-state index in [9.17, 15) is 9.18 Å². The summed E-state index contributed by atoms with van der Waals surface area (Å²) in [4.78, 5) is 15.3. The Bertz CT molecular complexity index is 645. The fourth-order valence-corrected chi connectivity index (χ4v) is 1.68. The number of methoxy groups -OCH3 is 2. The maximum absolute atomic E-state index is 13.5. The van der Waals surface area contributed by atoms with Crippen LogP contribution in [0.3, 0.4) is 0 Å². The molecule has 0 atom stereocenters. The molecule has 0 aliphatic carbocycles. The van der Waals surface area contributed by atoms with Gasteiger partial charge < -0.3 is 14.2 Å². The van der Waals surface area contributed by atoms with E-state index in [1.165, 1.54) is 32.5 Å². The van der Waals surface area contributed by atoms with Gasteiger partial charge in [-0.2, -0.15) is 0 Å². The molecule has 0 radical (unpaired) electrons. The highest BCUT2D eigenvalue weighted by Gasteiger charge is 2.13. The summed E-state index contributed by atoms with van der Waals surface area (Å²) < 4.78 is 28.7. The minimum absolute atomic E-state index is 0.0300. The Kier molecular flexibility index (Phi) is 4.71. The zero-order chi connectivity index (χ0) is 15.2. The lowest BCUT2D eigenvalue weighted by Gasteiger charge is -2.11. The lowest BCUT2D eigenvalue weighted by Crippen LogP contribution is -2.06. The number of aromatic nitrogens is 1. The molecule has 0 N–H and O–H groups in total. The second-order valence-electron chi connectivity index (χ2n) is 4.09. The van der Waals surface area contributed by atoms with E-state index < -0.39 is 5.97 Å². The summed E-state index contributed by atoms with van der Waals surface area (Å²) in [6.45, 7) is 0.0300. The Labute approximate surface area is 121 Å². The lowest BCUT2D eigenvalue weighted by molar-refractivity contribution is 0.0593. The predicted octanol–water partition coefficient (Wildman–Crippen LogP) is 2.59. The SMILES string of the molecule is COC(=O)c1cc(OC)c(OCc2ccccc2F)cn1. The van der Waals surface area contributed by atoms with Gasteiger partial charge in [0, 0.05) is 11.6 Å². The Balaban J connectivity index is 2.17. The van der Waals surface area contributed by atoms with Crippen LogP contribution in [0.2, 0.25) is 0 Å². The molecule has 1 heterocycles. The molecule has 0 aliphatic heterocycles. The smallest absolute Gasteiger partial charge is 0.356 e. The summed E-state index contributed by atoms with van der Waals surface area (Å²) in [5, 5.41) is 0. The van der Waals surface area contributed by atoms with Crippen LogP contribution in [0.5, 0.6) is 11.5 Å². The van der Waals surface area contributed by atoms with Crippen LogP contribution in [-0.2, 0) is 11.3 Å². The van der Waals surface area contributed by atoms with Crippen LogP contribution in [0.15, 0.2) is 36.5 Å². The van der Waals surface area contributed by atoms with E-state index in [0.29, 0.717) is 17.1 Å². The van der Waals surface area contributed by atoms with Crippen molar-refractivity contribution in [3.8, 4) is 11.5 Å². The first-order valence-electron chi connectivity index (χ1n) is 6.14. The number of halogens is 1. The highest BCUT2D eigenvalue weighted by Crippen LogP contribution is 2.27. The number of nitrogens with zero attached hydrogens (tertiary/aromatic N) is 1. The standard InChI is InChI=1S/C15H14FNO4/c1-19-13-7-12(15(18)20-2)17-8-14(13)21-9-10-5-3-4-6-11(10)16/h3-8H,9H2,1-2H3. The third-order valence-electron chi connectivity index (χ3n) is 2.79. The number of pyridine rings is 1. The van der Waals surface area contributed by atoms with Crippen LogP contribution in [0.4, 0.5) is 4.39 Å². The molecule has 2 aromatic rings. The molecule has 1 aromatic heterocycles. The highest BCUT2D eigenvalue weighted by molar-refractivity contribution is 5.87. The fraction of sp³-hybridized carbons (Fsp3) is 0.200. The summed E-state index contributed by atoms with van der Waals surface area (Å²) in [7, 11) is 2.70. The maximum atomic E-state index is 13.5. The molecular weight excluding hydrogens is 277 g/mol. The van der Waals surface area contributed by atoms with Crippen molar-refractivity contribution in [2.75, 3.05) is 14.2 Å². The van der Waals surface area contributed by atoms with E-state index in [2.05, 4.69) is 9.72 Å². The van der Waals surface area contributed by atoms with Gasteiger partial charge in [0.1, 0.15) is 12.4 Å². The van der Waals surface area contributed by atoms with E-state index in [1.54, 1.807) is 18.2 Å². The summed E-state index contributed by atoms with van der Waals surface area (Å²) in [6.07, 6.45) is 1.34. The number of ether oxygens (including phenoxy) is 3. The molecule has 0 unspecified atom stereocenters. The average Bonchev–Trinajstić information content (AvgIpc) is 2.53. The lowest BCUT2D eigenvalue weighted by atomic mass is 10.2. The molecule has 0 saturated carbocycles. The van der Waals surface area contributed by atoms with Crippen LogP contribution < -0.4 is 9.47 Å². The molecule has 2 rings (SSSR count). The predicted molar refractivity (Wildman–Crippen MR) is 72.9 cm³/mol. The van der Waals surface area contributed by atoms with Crippen LogP contribution in [-0.4, -0.2) is 25.2 Å². The van der Waals surface area contributed by atoms with Crippen molar-refractivity contribution in [3.05, 3.63) is 53.6 Å². The number of carbonyl (C=O) groups excluding carboxylic acids is 1. The average molecular weight is 291 g/mol. The van der Waals surface area contributed by atoms with Gasteiger partial charge in [-0.3, -0.25) is 0 Å². The molecule has 0 spiro atoms. The normalized spacial score (nSPS) is 10.0. The molecule has 110 valence electrons. The van der Waals surface area contributed by atoms with Crippen LogP contribution in [0, 0.1) is 5.82 Å². The van der Waals surface area contributed by atoms with E-state index >= 15 is 0 Å². The molecule has 1 aromatic carbocycles. The van der Waals surface area contributed by atoms with Gasteiger partial charge in [0.05, 0.1) is 20.4 Å². The molecule has 0 saturated heterocycles. The summed E-state index contributed by atoms with van der Waals surface area (Å²) >= 11 is 0. The highest BCUT2D eigenvalue weighted by atomic mass is 19.1. The van der Waals surface area contributed by atoms with Crippen molar-refractivity contribution < 1.29 is 23.4 Å². The zero-order valence-corrected chi connectivity index (χ0v) is 11.6. The van der Waals surface area contributed by atoms with Crippen molar-refractivity contribution in [3.63, 3.8) is 0 Å². The Morgan fingerprint density at radius 2 is 2.00 bits per heavy atom. The van der Waals surface area contributed by atoms with Crippen molar-refractivity contribution in [2.45, 2.75) is 6.61 Å².